The zero-order valence-corrected chi connectivity index (χ0v) is 8.97. The molecule has 15 heavy (non-hydrogen) atoms. The van der Waals surface area contributed by atoms with Gasteiger partial charge < -0.3 is 4.74 Å². The molecule has 0 bridgehead atoms. The van der Waals surface area contributed by atoms with Crippen LogP contribution in [-0.4, -0.2) is 42.6 Å². The third kappa shape index (κ3) is 2.74. The number of hydrogen-bond acceptors (Lipinski definition) is 5. The van der Waals surface area contributed by atoms with Crippen LogP contribution in [0.1, 0.15) is 20.3 Å². The van der Waals surface area contributed by atoms with E-state index < -0.39 is 12.2 Å². The van der Waals surface area contributed by atoms with Crippen molar-refractivity contribution in [2.24, 2.45) is 10.2 Å². The first kappa shape index (κ1) is 11.6. The predicted octanol–water partition coefficient (Wildman–Crippen LogP) is 1.40. The van der Waals surface area contributed by atoms with E-state index >= 15 is 0 Å². The van der Waals surface area contributed by atoms with Gasteiger partial charge in [-0.2, -0.15) is 4.91 Å². The van der Waals surface area contributed by atoms with Gasteiger partial charge in [0.2, 0.25) is 0 Å². The maximum absolute atomic E-state index is 11.4. The number of amides is 1. The number of ether oxygens (including phenoxy) is 1. The molecule has 1 unspecified atom stereocenters. The van der Waals surface area contributed by atoms with Crippen LogP contribution in [0.2, 0.25) is 0 Å². The summed E-state index contributed by atoms with van der Waals surface area (Å²) in [4.78, 5) is 27.1. The minimum atomic E-state index is -0.433. The summed E-state index contributed by atoms with van der Waals surface area (Å²) >= 11 is 0. The van der Waals surface area contributed by atoms with Crippen molar-refractivity contribution in [1.82, 2.24) is 4.90 Å². The van der Waals surface area contributed by atoms with E-state index in [0.29, 0.717) is 25.3 Å². The molecule has 84 valence electrons. The Morgan fingerprint density at radius 1 is 1.60 bits per heavy atom. The molecule has 1 aliphatic rings. The number of nitroso groups, excluding NO2 is 1. The fraction of sp³-hybridized carbons (Fsp3) is 0.778. The summed E-state index contributed by atoms with van der Waals surface area (Å²) < 4.78 is 4.96. The highest BCUT2D eigenvalue weighted by Gasteiger charge is 2.33. The number of aliphatic imine (C=N–C) groups is 1. The topological polar surface area (TPSA) is 71.3 Å². The molecule has 1 amide bonds. The molecular weight excluding hydrogens is 198 g/mol. The van der Waals surface area contributed by atoms with Gasteiger partial charge in [-0.25, -0.2) is 4.79 Å². The van der Waals surface area contributed by atoms with Crippen molar-refractivity contribution in [3.8, 4) is 0 Å². The smallest absolute Gasteiger partial charge is 0.415 e. The van der Waals surface area contributed by atoms with Gasteiger partial charge in [0.1, 0.15) is 18.5 Å². The molecule has 0 radical (unpaired) electrons. The molecule has 0 aromatic heterocycles. The van der Waals surface area contributed by atoms with Crippen LogP contribution in [-0.2, 0) is 4.74 Å². The SMILES string of the molecule is CCN=C(CC)N1CC(CN=O)OC1=O. The Balaban J connectivity index is 2.67. The summed E-state index contributed by atoms with van der Waals surface area (Å²) in [6.07, 6.45) is -0.189. The fourth-order valence-electron chi connectivity index (χ4n) is 1.48. The highest BCUT2D eigenvalue weighted by atomic mass is 16.6. The first-order valence-electron chi connectivity index (χ1n) is 5.03. The number of rotatable bonds is 4. The highest BCUT2D eigenvalue weighted by molar-refractivity contribution is 5.96. The Bertz CT molecular complexity index is 278. The van der Waals surface area contributed by atoms with Crippen molar-refractivity contribution in [1.29, 1.82) is 0 Å². The number of amidine groups is 1. The van der Waals surface area contributed by atoms with Crippen LogP contribution in [0, 0.1) is 4.91 Å². The minimum Gasteiger partial charge on any atom is -0.442 e. The van der Waals surface area contributed by atoms with Gasteiger partial charge in [0.25, 0.3) is 0 Å². The molecule has 6 heteroatoms. The van der Waals surface area contributed by atoms with E-state index in [2.05, 4.69) is 10.2 Å². The normalized spacial score (nSPS) is 21.7. The van der Waals surface area contributed by atoms with Gasteiger partial charge in [-0.05, 0) is 6.92 Å². The Morgan fingerprint density at radius 3 is 2.87 bits per heavy atom. The minimum absolute atomic E-state index is 0.00532. The molecule has 6 nitrogen and oxygen atoms in total. The van der Waals surface area contributed by atoms with E-state index in [1.165, 1.54) is 4.90 Å². The third-order valence-electron chi connectivity index (χ3n) is 2.12. The largest absolute Gasteiger partial charge is 0.442 e. The second-order valence-corrected chi connectivity index (χ2v) is 3.17. The Morgan fingerprint density at radius 2 is 2.33 bits per heavy atom. The Labute approximate surface area is 88.3 Å². The second-order valence-electron chi connectivity index (χ2n) is 3.17. The van der Waals surface area contributed by atoms with Gasteiger partial charge in [-0.1, -0.05) is 12.1 Å². The van der Waals surface area contributed by atoms with Gasteiger partial charge in [0.15, 0.2) is 0 Å². The molecule has 1 heterocycles. The Kier molecular flexibility index (Phi) is 4.20. The number of cyclic esters (lactones) is 1. The van der Waals surface area contributed by atoms with Crippen LogP contribution in [0.15, 0.2) is 10.2 Å². The predicted molar refractivity (Wildman–Crippen MR) is 55.9 cm³/mol. The highest BCUT2D eigenvalue weighted by Crippen LogP contribution is 2.13. The summed E-state index contributed by atoms with van der Waals surface area (Å²) in [5.74, 6) is 0.705. The van der Waals surface area contributed by atoms with E-state index in [1.807, 2.05) is 13.8 Å². The number of nitrogens with zero attached hydrogens (tertiary/aromatic N) is 3. The van der Waals surface area contributed by atoms with Crippen LogP contribution in [0.25, 0.3) is 0 Å². The molecule has 0 aliphatic carbocycles. The van der Waals surface area contributed by atoms with Crippen molar-refractivity contribution in [2.75, 3.05) is 19.6 Å². The van der Waals surface area contributed by atoms with E-state index in [0.717, 1.165) is 0 Å². The lowest BCUT2D eigenvalue weighted by molar-refractivity contribution is 0.139. The molecular formula is C9H15N3O3. The average Bonchev–Trinajstić information content (AvgIpc) is 2.57. The Hall–Kier alpha value is -1.46. The van der Waals surface area contributed by atoms with Crippen LogP contribution in [0.4, 0.5) is 4.79 Å². The van der Waals surface area contributed by atoms with Crippen molar-refractivity contribution < 1.29 is 9.53 Å². The van der Waals surface area contributed by atoms with Gasteiger partial charge in [-0.3, -0.25) is 9.89 Å². The maximum Gasteiger partial charge on any atom is 0.415 e. The lowest BCUT2D eigenvalue weighted by Gasteiger charge is -2.13. The molecule has 0 saturated carbocycles. The number of carbonyl (C=O) groups is 1. The molecule has 0 aromatic rings. The second kappa shape index (κ2) is 5.43. The molecule has 0 spiro atoms. The van der Waals surface area contributed by atoms with E-state index in [4.69, 9.17) is 4.74 Å². The van der Waals surface area contributed by atoms with Crippen LogP contribution >= 0.6 is 0 Å². The molecule has 1 aliphatic heterocycles. The summed E-state index contributed by atoms with van der Waals surface area (Å²) in [5, 5.41) is 2.72. The molecule has 0 aromatic carbocycles. The van der Waals surface area contributed by atoms with Gasteiger partial charge in [-0.15, -0.1) is 0 Å². The van der Waals surface area contributed by atoms with Gasteiger partial charge in [0.05, 0.1) is 6.54 Å². The van der Waals surface area contributed by atoms with Crippen molar-refractivity contribution >= 4 is 11.9 Å². The van der Waals surface area contributed by atoms with Crippen LogP contribution in [0.3, 0.4) is 0 Å². The zero-order chi connectivity index (χ0) is 11.3. The first-order chi connectivity index (χ1) is 7.22. The number of hydrogen-bond donors (Lipinski definition) is 0. The quantitative estimate of drug-likeness (QED) is 0.402. The van der Waals surface area contributed by atoms with Crippen molar-refractivity contribution in [3.05, 3.63) is 4.91 Å². The van der Waals surface area contributed by atoms with Crippen LogP contribution in [0.5, 0.6) is 0 Å². The lowest BCUT2D eigenvalue weighted by Crippen LogP contribution is -2.32. The lowest BCUT2D eigenvalue weighted by atomic mass is 10.3. The van der Waals surface area contributed by atoms with Crippen molar-refractivity contribution in [3.63, 3.8) is 0 Å². The van der Waals surface area contributed by atoms with E-state index in [9.17, 15) is 9.70 Å². The fourth-order valence-corrected chi connectivity index (χ4v) is 1.48. The average molecular weight is 213 g/mol. The maximum atomic E-state index is 11.4. The summed E-state index contributed by atoms with van der Waals surface area (Å²) in [7, 11) is 0. The monoisotopic (exact) mass is 213 g/mol. The van der Waals surface area contributed by atoms with Gasteiger partial charge in [0, 0.05) is 13.0 Å². The molecule has 1 atom stereocenters. The van der Waals surface area contributed by atoms with Gasteiger partial charge >= 0.3 is 6.09 Å². The van der Waals surface area contributed by atoms with E-state index in [1.54, 1.807) is 0 Å². The first-order valence-corrected chi connectivity index (χ1v) is 5.03. The summed E-state index contributed by atoms with van der Waals surface area (Å²) in [5.41, 5.74) is 0. The third-order valence-corrected chi connectivity index (χ3v) is 2.12. The number of carbonyl (C=O) groups excluding carboxylic acids is 1. The van der Waals surface area contributed by atoms with E-state index in [-0.39, 0.29) is 6.54 Å². The standard InChI is InChI=1S/C9H15N3O3/c1-3-8(10-4-2)12-6-7(5-11-14)15-9(12)13/h7H,3-6H2,1-2H3. The molecule has 1 fully saturated rings. The molecule has 0 N–H and O–H groups in total. The summed E-state index contributed by atoms with van der Waals surface area (Å²) in [6, 6.07) is 0. The van der Waals surface area contributed by atoms with Crippen molar-refractivity contribution in [2.45, 2.75) is 26.4 Å². The zero-order valence-electron chi connectivity index (χ0n) is 8.97. The molecule has 1 rings (SSSR count). The summed E-state index contributed by atoms with van der Waals surface area (Å²) in [6.45, 7) is 4.83. The van der Waals surface area contributed by atoms with Crippen LogP contribution < -0.4 is 0 Å². The molecule has 1 saturated heterocycles.